The number of nitrogens with one attached hydrogen (secondary N) is 3. The molecule has 2 aromatic rings. The van der Waals surface area contributed by atoms with E-state index in [1.165, 1.54) is 14.2 Å². The quantitative estimate of drug-likeness (QED) is 0.327. The first kappa shape index (κ1) is 29.0. The molecule has 0 aliphatic rings. The highest BCUT2D eigenvalue weighted by Crippen LogP contribution is 2.23. The number of rotatable bonds is 12. The van der Waals surface area contributed by atoms with Gasteiger partial charge in [-0.2, -0.15) is 0 Å². The van der Waals surface area contributed by atoms with Crippen molar-refractivity contribution in [3.05, 3.63) is 42.5 Å². The van der Waals surface area contributed by atoms with Gasteiger partial charge in [0.2, 0.25) is 11.8 Å². The van der Waals surface area contributed by atoms with E-state index in [1.807, 2.05) is 36.4 Å². The molecule has 2 atom stereocenters. The third kappa shape index (κ3) is 9.10. The molecule has 0 fully saturated rings. The van der Waals surface area contributed by atoms with E-state index in [1.54, 1.807) is 26.8 Å². The fourth-order valence-electron chi connectivity index (χ4n) is 3.58. The van der Waals surface area contributed by atoms with Crippen LogP contribution >= 0.6 is 0 Å². The average Bonchev–Trinajstić information content (AvgIpc) is 2.82. The van der Waals surface area contributed by atoms with Crippen LogP contribution in [-0.2, 0) is 23.8 Å². The summed E-state index contributed by atoms with van der Waals surface area (Å²) in [6.45, 7) is 4.74. The van der Waals surface area contributed by atoms with Crippen LogP contribution in [-0.4, -0.2) is 67.8 Å². The summed E-state index contributed by atoms with van der Waals surface area (Å²) in [7, 11) is 2.97. The Hall–Kier alpha value is -3.21. The van der Waals surface area contributed by atoms with Gasteiger partial charge in [-0.1, -0.05) is 36.4 Å². The second-order valence-electron chi connectivity index (χ2n) is 9.27. The summed E-state index contributed by atoms with van der Waals surface area (Å²) in [5.41, 5.74) is -0.160. The van der Waals surface area contributed by atoms with Crippen molar-refractivity contribution in [1.29, 1.82) is 0 Å². The number of hydrogen-bond acceptors (Lipinski definition) is 7. The number of hydrogen-bond donors (Lipinski definition) is 4. The number of benzene rings is 2. The fourth-order valence-corrected chi connectivity index (χ4v) is 3.58. The number of aliphatic hydroxyl groups is 1. The van der Waals surface area contributed by atoms with Gasteiger partial charge in [0, 0.05) is 38.3 Å². The first-order valence-electron chi connectivity index (χ1n) is 11.8. The molecule has 36 heavy (non-hydrogen) atoms. The summed E-state index contributed by atoms with van der Waals surface area (Å²) < 4.78 is 15.7. The van der Waals surface area contributed by atoms with Gasteiger partial charge in [0.05, 0.1) is 0 Å². The van der Waals surface area contributed by atoms with E-state index in [4.69, 9.17) is 14.2 Å². The first-order valence-corrected chi connectivity index (χ1v) is 11.8. The van der Waals surface area contributed by atoms with Crippen molar-refractivity contribution in [2.24, 2.45) is 0 Å². The van der Waals surface area contributed by atoms with Crippen molar-refractivity contribution >= 4 is 34.4 Å². The molecule has 10 heteroatoms. The second-order valence-corrected chi connectivity index (χ2v) is 9.27. The number of ether oxygens (including phenoxy) is 3. The molecule has 0 bridgehead atoms. The van der Waals surface area contributed by atoms with Crippen LogP contribution < -0.4 is 16.0 Å². The highest BCUT2D eigenvalue weighted by atomic mass is 16.7. The van der Waals surface area contributed by atoms with E-state index in [0.29, 0.717) is 12.1 Å². The van der Waals surface area contributed by atoms with Gasteiger partial charge in [0.15, 0.2) is 6.29 Å². The first-order chi connectivity index (χ1) is 17.1. The second kappa shape index (κ2) is 13.8. The maximum atomic E-state index is 13.3. The summed E-state index contributed by atoms with van der Waals surface area (Å²) in [6.07, 6.45) is -0.894. The van der Waals surface area contributed by atoms with Gasteiger partial charge in [-0.05, 0) is 45.1 Å². The minimum absolute atomic E-state index is 0.0541. The Labute approximate surface area is 211 Å². The lowest BCUT2D eigenvalue weighted by Gasteiger charge is -2.25. The van der Waals surface area contributed by atoms with Crippen LogP contribution in [0.5, 0.6) is 0 Å². The standard InChI is InChI=1S/C26H37N3O7/c1-26(2,3)36-25(33)29-21(15-16-30)24(32)28-20(13-14-22(34-4)35-5)23(31)27-19-12-8-10-17-9-6-7-11-18(17)19/h6-12,20-22,30H,13-16H2,1-5H3,(H,27,31)(H,28,32)(H,29,33)/t20?,21-/m0/s1. The maximum Gasteiger partial charge on any atom is 0.408 e. The van der Waals surface area contributed by atoms with E-state index in [0.717, 1.165) is 10.8 Å². The maximum absolute atomic E-state index is 13.3. The summed E-state index contributed by atoms with van der Waals surface area (Å²) in [5.74, 6) is -1.06. The molecule has 0 saturated heterocycles. The number of carbonyl (C=O) groups excluding carboxylic acids is 3. The minimum Gasteiger partial charge on any atom is -0.444 e. The van der Waals surface area contributed by atoms with Crippen LogP contribution in [0.1, 0.15) is 40.0 Å². The van der Waals surface area contributed by atoms with Gasteiger partial charge in [0.1, 0.15) is 17.7 Å². The third-order valence-electron chi connectivity index (χ3n) is 5.32. The predicted octanol–water partition coefficient (Wildman–Crippen LogP) is 2.94. The molecule has 0 aliphatic carbocycles. The van der Waals surface area contributed by atoms with E-state index >= 15 is 0 Å². The summed E-state index contributed by atoms with van der Waals surface area (Å²) in [4.78, 5) is 38.6. The van der Waals surface area contributed by atoms with E-state index in [9.17, 15) is 19.5 Å². The molecule has 3 amide bonds. The Morgan fingerprint density at radius 2 is 1.50 bits per heavy atom. The van der Waals surface area contributed by atoms with Crippen molar-refractivity contribution in [2.45, 2.75) is 64.0 Å². The molecule has 0 aromatic heterocycles. The van der Waals surface area contributed by atoms with Gasteiger partial charge in [0.25, 0.3) is 0 Å². The molecule has 0 spiro atoms. The minimum atomic E-state index is -1.10. The molecule has 0 radical (unpaired) electrons. The van der Waals surface area contributed by atoms with Gasteiger partial charge in [-0.15, -0.1) is 0 Å². The zero-order valence-electron chi connectivity index (χ0n) is 21.5. The van der Waals surface area contributed by atoms with Crippen LogP contribution in [0.4, 0.5) is 10.5 Å². The van der Waals surface area contributed by atoms with Crippen molar-refractivity contribution in [2.75, 3.05) is 26.1 Å². The lowest BCUT2D eigenvalue weighted by atomic mass is 10.1. The molecule has 198 valence electrons. The number of carbonyl (C=O) groups is 3. The Kier molecular flexibility index (Phi) is 11.1. The highest BCUT2D eigenvalue weighted by Gasteiger charge is 2.29. The summed E-state index contributed by atoms with van der Waals surface area (Å²) in [6, 6.07) is 11.1. The molecule has 1 unspecified atom stereocenters. The lowest BCUT2D eigenvalue weighted by molar-refractivity contribution is -0.130. The van der Waals surface area contributed by atoms with Crippen molar-refractivity contribution in [1.82, 2.24) is 10.6 Å². The molecule has 10 nitrogen and oxygen atoms in total. The number of methoxy groups -OCH3 is 2. The van der Waals surface area contributed by atoms with Crippen LogP contribution in [0.25, 0.3) is 10.8 Å². The molecule has 2 aromatic carbocycles. The number of anilines is 1. The zero-order valence-corrected chi connectivity index (χ0v) is 21.5. The monoisotopic (exact) mass is 503 g/mol. The van der Waals surface area contributed by atoms with Gasteiger partial charge in [-0.3, -0.25) is 9.59 Å². The fraction of sp³-hybridized carbons (Fsp3) is 0.500. The third-order valence-corrected chi connectivity index (χ3v) is 5.32. The van der Waals surface area contributed by atoms with Crippen molar-refractivity contribution < 1.29 is 33.7 Å². The molecule has 2 rings (SSSR count). The molecule has 0 saturated carbocycles. The van der Waals surface area contributed by atoms with Crippen molar-refractivity contribution in [3.63, 3.8) is 0 Å². The molecule has 0 heterocycles. The van der Waals surface area contributed by atoms with Crippen LogP contribution in [0.3, 0.4) is 0 Å². The lowest BCUT2D eigenvalue weighted by Crippen LogP contribution is -2.53. The number of alkyl carbamates (subject to hydrolysis) is 1. The van der Waals surface area contributed by atoms with E-state index < -0.39 is 41.9 Å². The van der Waals surface area contributed by atoms with E-state index in [2.05, 4.69) is 16.0 Å². The van der Waals surface area contributed by atoms with Gasteiger partial charge < -0.3 is 35.3 Å². The molecular formula is C26H37N3O7. The number of fused-ring (bicyclic) bond motifs is 1. The smallest absolute Gasteiger partial charge is 0.408 e. The Bertz CT molecular complexity index is 1010. The summed E-state index contributed by atoms with van der Waals surface area (Å²) in [5, 5.41) is 19.3. The molecular weight excluding hydrogens is 466 g/mol. The zero-order chi connectivity index (χ0) is 26.7. The number of aliphatic hydroxyl groups excluding tert-OH is 1. The Morgan fingerprint density at radius 3 is 2.14 bits per heavy atom. The van der Waals surface area contributed by atoms with Crippen LogP contribution in [0.2, 0.25) is 0 Å². The molecule has 0 aliphatic heterocycles. The average molecular weight is 504 g/mol. The van der Waals surface area contributed by atoms with Crippen molar-refractivity contribution in [3.8, 4) is 0 Å². The van der Waals surface area contributed by atoms with Gasteiger partial charge >= 0.3 is 6.09 Å². The van der Waals surface area contributed by atoms with Crippen LogP contribution in [0.15, 0.2) is 42.5 Å². The predicted molar refractivity (Wildman–Crippen MR) is 136 cm³/mol. The normalized spacial score (nSPS) is 13.2. The largest absolute Gasteiger partial charge is 0.444 e. The highest BCUT2D eigenvalue weighted by molar-refractivity contribution is 6.05. The SMILES string of the molecule is COC(CCC(NC(=O)[C@H](CCO)NC(=O)OC(C)(C)C)C(=O)Nc1cccc2ccccc12)OC. The number of amides is 3. The topological polar surface area (TPSA) is 135 Å². The molecule has 4 N–H and O–H groups in total. The van der Waals surface area contributed by atoms with Crippen LogP contribution in [0, 0.1) is 0 Å². The van der Waals surface area contributed by atoms with Gasteiger partial charge in [-0.25, -0.2) is 4.79 Å². The Morgan fingerprint density at radius 1 is 0.861 bits per heavy atom. The Balaban J connectivity index is 2.21. The van der Waals surface area contributed by atoms with E-state index in [-0.39, 0.29) is 19.4 Å². The summed E-state index contributed by atoms with van der Waals surface area (Å²) >= 11 is 0.